The first-order chi connectivity index (χ1) is 16.6. The third-order valence-electron chi connectivity index (χ3n) is 5.98. The van der Waals surface area contributed by atoms with Crippen molar-refractivity contribution >= 4 is 28.7 Å². The molecule has 0 fully saturated rings. The lowest BCUT2D eigenvalue weighted by Crippen LogP contribution is -2.33. The molecule has 0 radical (unpaired) electrons. The summed E-state index contributed by atoms with van der Waals surface area (Å²) >= 11 is 0. The SMILES string of the molecule is C=CCN1/C(=C/C=C(/C=C/c2cc[n+](CC=C)c3ccccc23)CC)C=Cc2cc(F)ccc21. The zero-order valence-corrected chi connectivity index (χ0v) is 19.6. The first-order valence-corrected chi connectivity index (χ1v) is 11.6. The third-order valence-corrected chi connectivity index (χ3v) is 5.98. The minimum absolute atomic E-state index is 0.226. The summed E-state index contributed by atoms with van der Waals surface area (Å²) in [5, 5.41) is 1.22. The zero-order chi connectivity index (χ0) is 23.9. The molecule has 0 N–H and O–H groups in total. The normalized spacial score (nSPS) is 14.7. The fourth-order valence-electron chi connectivity index (χ4n) is 4.22. The molecule has 34 heavy (non-hydrogen) atoms. The highest BCUT2D eigenvalue weighted by atomic mass is 19.1. The van der Waals surface area contributed by atoms with Gasteiger partial charge in [0.2, 0.25) is 5.52 Å². The number of halogens is 1. The van der Waals surface area contributed by atoms with Crippen molar-refractivity contribution in [2.24, 2.45) is 0 Å². The molecular weight excluding hydrogens is 419 g/mol. The number of benzene rings is 2. The Morgan fingerprint density at radius 2 is 1.91 bits per heavy atom. The second kappa shape index (κ2) is 10.8. The Labute approximate surface area is 201 Å². The molecule has 2 heterocycles. The smallest absolute Gasteiger partial charge is 0.213 e. The lowest BCUT2D eigenvalue weighted by molar-refractivity contribution is -0.660. The van der Waals surface area contributed by atoms with Crippen LogP contribution < -0.4 is 9.47 Å². The molecule has 4 rings (SSSR count). The molecule has 0 unspecified atom stereocenters. The third kappa shape index (κ3) is 4.99. The fraction of sp³-hybridized carbons (Fsp3) is 0.129. The van der Waals surface area contributed by atoms with Crippen molar-refractivity contribution in [1.82, 2.24) is 0 Å². The van der Waals surface area contributed by atoms with E-state index in [2.05, 4.69) is 90.4 Å². The van der Waals surface area contributed by atoms with Crippen LogP contribution in [0, 0.1) is 5.82 Å². The molecule has 0 aliphatic carbocycles. The summed E-state index contributed by atoms with van der Waals surface area (Å²) in [4.78, 5) is 2.15. The molecule has 170 valence electrons. The van der Waals surface area contributed by atoms with Gasteiger partial charge in [0.25, 0.3) is 0 Å². The quantitative estimate of drug-likeness (QED) is 0.197. The van der Waals surface area contributed by atoms with Crippen molar-refractivity contribution in [1.29, 1.82) is 0 Å². The summed E-state index contributed by atoms with van der Waals surface area (Å²) in [5.41, 5.74) is 6.51. The van der Waals surface area contributed by atoms with E-state index in [0.29, 0.717) is 6.54 Å². The zero-order valence-electron chi connectivity index (χ0n) is 19.6. The molecule has 0 atom stereocenters. The standard InChI is InChI=1S/C31H30FN2/c1-4-20-33-22-19-25(29-9-7-8-10-31(29)33)13-11-24(6-3)12-16-28-17-14-26-23-27(32)15-18-30(26)34(28)21-5-2/h4-5,7-19,22-23H,1-2,6,20-21H2,3H3/q+1. The monoisotopic (exact) mass is 449 g/mol. The van der Waals surface area contributed by atoms with E-state index < -0.39 is 0 Å². The van der Waals surface area contributed by atoms with Crippen molar-refractivity contribution < 1.29 is 8.96 Å². The topological polar surface area (TPSA) is 7.12 Å². The van der Waals surface area contributed by atoms with Gasteiger partial charge in [-0.3, -0.25) is 0 Å². The Hall–Kier alpha value is -3.98. The molecule has 0 saturated carbocycles. The largest absolute Gasteiger partial charge is 0.337 e. The highest BCUT2D eigenvalue weighted by molar-refractivity contribution is 5.85. The molecule has 1 aliphatic heterocycles. The van der Waals surface area contributed by atoms with E-state index in [4.69, 9.17) is 0 Å². The molecule has 1 aromatic heterocycles. The minimum Gasteiger partial charge on any atom is -0.337 e. The van der Waals surface area contributed by atoms with Crippen molar-refractivity contribution in [3.05, 3.63) is 133 Å². The summed E-state index contributed by atoms with van der Waals surface area (Å²) in [7, 11) is 0. The number of rotatable bonds is 8. The molecule has 0 spiro atoms. The number of nitrogens with zero attached hydrogens (tertiary/aromatic N) is 2. The Balaban J connectivity index is 1.64. The number of hydrogen-bond donors (Lipinski definition) is 0. The number of allylic oxidation sites excluding steroid dienone is 6. The summed E-state index contributed by atoms with van der Waals surface area (Å²) in [5.74, 6) is -0.226. The highest BCUT2D eigenvalue weighted by Crippen LogP contribution is 2.31. The number of fused-ring (bicyclic) bond motifs is 2. The van der Waals surface area contributed by atoms with Crippen molar-refractivity contribution in [3.63, 3.8) is 0 Å². The van der Waals surface area contributed by atoms with Crippen molar-refractivity contribution in [2.75, 3.05) is 11.4 Å². The number of hydrogen-bond acceptors (Lipinski definition) is 1. The number of anilines is 1. The molecule has 3 aromatic rings. The van der Waals surface area contributed by atoms with E-state index in [1.165, 1.54) is 28.1 Å². The second-order valence-electron chi connectivity index (χ2n) is 8.19. The van der Waals surface area contributed by atoms with E-state index in [0.717, 1.165) is 29.9 Å². The molecular formula is C31H30FN2+. The molecule has 0 amide bonds. The first-order valence-electron chi connectivity index (χ1n) is 11.6. The Kier molecular flexibility index (Phi) is 7.34. The molecule has 2 aromatic carbocycles. The van der Waals surface area contributed by atoms with Crippen LogP contribution in [-0.4, -0.2) is 6.54 Å². The Morgan fingerprint density at radius 1 is 1.06 bits per heavy atom. The number of pyridine rings is 1. The maximum absolute atomic E-state index is 13.7. The maximum atomic E-state index is 13.7. The van der Waals surface area contributed by atoms with Crippen LogP contribution in [0.25, 0.3) is 23.1 Å². The average Bonchev–Trinajstić information content (AvgIpc) is 2.86. The van der Waals surface area contributed by atoms with Crippen LogP contribution in [0.2, 0.25) is 0 Å². The van der Waals surface area contributed by atoms with Gasteiger partial charge in [-0.1, -0.05) is 56.0 Å². The van der Waals surface area contributed by atoms with Gasteiger partial charge in [0, 0.05) is 35.6 Å². The predicted octanol–water partition coefficient (Wildman–Crippen LogP) is 7.41. The van der Waals surface area contributed by atoms with Crippen LogP contribution in [0.3, 0.4) is 0 Å². The summed E-state index contributed by atoms with van der Waals surface area (Å²) < 4.78 is 15.9. The van der Waals surface area contributed by atoms with Crippen LogP contribution in [0.15, 0.2) is 116 Å². The summed E-state index contributed by atoms with van der Waals surface area (Å²) in [6, 6.07) is 15.5. The van der Waals surface area contributed by atoms with Gasteiger partial charge < -0.3 is 4.90 Å². The highest BCUT2D eigenvalue weighted by Gasteiger charge is 2.16. The maximum Gasteiger partial charge on any atom is 0.213 e. The average molecular weight is 450 g/mol. The molecule has 2 nitrogen and oxygen atoms in total. The molecule has 1 aliphatic rings. The van der Waals surface area contributed by atoms with Gasteiger partial charge in [0.1, 0.15) is 5.82 Å². The van der Waals surface area contributed by atoms with Gasteiger partial charge in [-0.15, -0.1) is 6.58 Å². The first kappa shape index (κ1) is 23.2. The van der Waals surface area contributed by atoms with Gasteiger partial charge >= 0.3 is 0 Å². The Bertz CT molecular complexity index is 1340. The molecule has 0 bridgehead atoms. The van der Waals surface area contributed by atoms with Crippen molar-refractivity contribution in [2.45, 2.75) is 19.9 Å². The van der Waals surface area contributed by atoms with Gasteiger partial charge in [-0.25, -0.2) is 4.39 Å². The fourth-order valence-corrected chi connectivity index (χ4v) is 4.22. The van der Waals surface area contributed by atoms with E-state index in [1.54, 1.807) is 6.07 Å². The van der Waals surface area contributed by atoms with E-state index in [-0.39, 0.29) is 5.82 Å². The number of para-hydroxylation sites is 1. The van der Waals surface area contributed by atoms with Crippen LogP contribution in [0.5, 0.6) is 0 Å². The van der Waals surface area contributed by atoms with E-state index in [9.17, 15) is 4.39 Å². The van der Waals surface area contributed by atoms with Gasteiger partial charge in [0.15, 0.2) is 12.7 Å². The molecule has 0 saturated heterocycles. The van der Waals surface area contributed by atoms with Gasteiger partial charge in [-0.2, -0.15) is 4.57 Å². The lowest BCUT2D eigenvalue weighted by atomic mass is 10.0. The van der Waals surface area contributed by atoms with E-state index >= 15 is 0 Å². The van der Waals surface area contributed by atoms with Gasteiger partial charge in [-0.05, 0) is 60.1 Å². The van der Waals surface area contributed by atoms with Crippen LogP contribution in [-0.2, 0) is 6.54 Å². The van der Waals surface area contributed by atoms with Crippen LogP contribution >= 0.6 is 0 Å². The van der Waals surface area contributed by atoms with Crippen molar-refractivity contribution in [3.8, 4) is 0 Å². The van der Waals surface area contributed by atoms with Crippen LogP contribution in [0.1, 0.15) is 24.5 Å². The lowest BCUT2D eigenvalue weighted by Gasteiger charge is -2.29. The predicted molar refractivity (Wildman–Crippen MR) is 143 cm³/mol. The van der Waals surface area contributed by atoms with E-state index in [1.807, 2.05) is 30.4 Å². The Morgan fingerprint density at radius 3 is 2.71 bits per heavy atom. The second-order valence-corrected chi connectivity index (χ2v) is 8.19. The minimum atomic E-state index is -0.226. The van der Waals surface area contributed by atoms with Crippen LogP contribution in [0.4, 0.5) is 10.1 Å². The molecule has 3 heteroatoms. The van der Waals surface area contributed by atoms with Gasteiger partial charge in [0.05, 0.1) is 5.39 Å². The summed E-state index contributed by atoms with van der Waals surface area (Å²) in [6.07, 6.45) is 19.4. The summed E-state index contributed by atoms with van der Waals surface area (Å²) in [6.45, 7) is 11.4. The number of aromatic nitrogens is 1.